The molecule has 1 aromatic heterocycles. The molecule has 0 bridgehead atoms. The number of nitro benzene ring substituents is 1. The topological polar surface area (TPSA) is 99.1 Å². The Balaban J connectivity index is 2.39. The lowest BCUT2D eigenvalue weighted by atomic mass is 10.0. The number of ketones is 1. The minimum Gasteiger partial charge on any atom is -0.393 e. The van der Waals surface area contributed by atoms with Crippen molar-refractivity contribution >= 4 is 17.2 Å². The van der Waals surface area contributed by atoms with Crippen molar-refractivity contribution < 1.29 is 9.72 Å². The Morgan fingerprint density at radius 1 is 1.17 bits per heavy atom. The quantitative estimate of drug-likeness (QED) is 0.383. The predicted octanol–water partition coefficient (Wildman–Crippen LogP) is 1.80. The number of benzene rings is 1. The molecule has 1 aromatic carbocycles. The zero-order valence-electron chi connectivity index (χ0n) is 9.24. The van der Waals surface area contributed by atoms with E-state index in [1.165, 1.54) is 30.6 Å². The highest BCUT2D eigenvalue weighted by molar-refractivity contribution is 6.09. The maximum absolute atomic E-state index is 12.0. The maximum Gasteiger partial charge on any atom is 0.292 e. The first kappa shape index (κ1) is 11.7. The van der Waals surface area contributed by atoms with Crippen LogP contribution in [0.2, 0.25) is 0 Å². The van der Waals surface area contributed by atoms with Gasteiger partial charge in [0.15, 0.2) is 5.78 Å². The van der Waals surface area contributed by atoms with Crippen LogP contribution in [-0.2, 0) is 0 Å². The SMILES string of the molecule is Nc1cc(C(=O)c2ccncc2)ccc1[N+](=O)[O-]. The van der Waals surface area contributed by atoms with Gasteiger partial charge in [-0.05, 0) is 24.3 Å². The van der Waals surface area contributed by atoms with E-state index in [0.29, 0.717) is 11.1 Å². The van der Waals surface area contributed by atoms with Gasteiger partial charge in [0, 0.05) is 29.6 Å². The molecule has 0 fully saturated rings. The van der Waals surface area contributed by atoms with Gasteiger partial charge in [0.25, 0.3) is 5.69 Å². The summed E-state index contributed by atoms with van der Waals surface area (Å²) in [5.41, 5.74) is 6.06. The second-order valence-electron chi connectivity index (χ2n) is 3.60. The number of carbonyl (C=O) groups is 1. The highest BCUT2D eigenvalue weighted by Gasteiger charge is 2.15. The molecule has 0 saturated carbocycles. The normalized spacial score (nSPS) is 10.0. The van der Waals surface area contributed by atoms with Crippen molar-refractivity contribution in [2.24, 2.45) is 0 Å². The first-order valence-electron chi connectivity index (χ1n) is 5.08. The van der Waals surface area contributed by atoms with Crippen molar-refractivity contribution in [3.8, 4) is 0 Å². The first-order chi connectivity index (χ1) is 8.59. The summed E-state index contributed by atoms with van der Waals surface area (Å²) < 4.78 is 0. The molecule has 90 valence electrons. The fourth-order valence-corrected chi connectivity index (χ4v) is 1.53. The second kappa shape index (κ2) is 4.62. The number of anilines is 1. The van der Waals surface area contributed by atoms with Crippen molar-refractivity contribution in [3.05, 3.63) is 64.0 Å². The molecule has 0 unspecified atom stereocenters. The number of carbonyl (C=O) groups excluding carboxylic acids is 1. The molecule has 0 aliphatic heterocycles. The number of nitrogens with two attached hydrogens (primary N) is 1. The van der Waals surface area contributed by atoms with Crippen LogP contribution in [0.1, 0.15) is 15.9 Å². The van der Waals surface area contributed by atoms with E-state index in [0.717, 1.165) is 0 Å². The number of nitrogens with zero attached hydrogens (tertiary/aromatic N) is 2. The highest BCUT2D eigenvalue weighted by atomic mass is 16.6. The van der Waals surface area contributed by atoms with Gasteiger partial charge in [0.2, 0.25) is 0 Å². The third-order valence-corrected chi connectivity index (χ3v) is 2.43. The first-order valence-corrected chi connectivity index (χ1v) is 5.08. The molecular formula is C12H9N3O3. The van der Waals surface area contributed by atoms with E-state index in [1.54, 1.807) is 12.1 Å². The van der Waals surface area contributed by atoms with Gasteiger partial charge in [-0.15, -0.1) is 0 Å². The second-order valence-corrected chi connectivity index (χ2v) is 3.60. The van der Waals surface area contributed by atoms with Crippen molar-refractivity contribution in [2.75, 3.05) is 5.73 Å². The molecule has 6 heteroatoms. The maximum atomic E-state index is 12.0. The van der Waals surface area contributed by atoms with Crippen LogP contribution in [0.4, 0.5) is 11.4 Å². The van der Waals surface area contributed by atoms with Gasteiger partial charge in [0.05, 0.1) is 4.92 Å². The smallest absolute Gasteiger partial charge is 0.292 e. The minimum absolute atomic E-state index is 0.0279. The Morgan fingerprint density at radius 2 is 1.83 bits per heavy atom. The molecule has 0 spiro atoms. The van der Waals surface area contributed by atoms with Gasteiger partial charge < -0.3 is 5.73 Å². The summed E-state index contributed by atoms with van der Waals surface area (Å²) in [6, 6.07) is 7.06. The van der Waals surface area contributed by atoms with E-state index < -0.39 is 4.92 Å². The summed E-state index contributed by atoms with van der Waals surface area (Å²) in [4.78, 5) is 25.9. The Labute approximate surface area is 102 Å². The van der Waals surface area contributed by atoms with Crippen LogP contribution < -0.4 is 5.73 Å². The van der Waals surface area contributed by atoms with Crippen LogP contribution in [0.25, 0.3) is 0 Å². The van der Waals surface area contributed by atoms with Crippen molar-refractivity contribution in [1.29, 1.82) is 0 Å². The van der Waals surface area contributed by atoms with E-state index >= 15 is 0 Å². The number of rotatable bonds is 3. The third-order valence-electron chi connectivity index (χ3n) is 2.43. The summed E-state index contributed by atoms with van der Waals surface area (Å²) in [5.74, 6) is -0.251. The van der Waals surface area contributed by atoms with Gasteiger partial charge in [-0.25, -0.2) is 0 Å². The van der Waals surface area contributed by atoms with Crippen molar-refractivity contribution in [2.45, 2.75) is 0 Å². The van der Waals surface area contributed by atoms with Gasteiger partial charge in [0.1, 0.15) is 5.69 Å². The molecule has 2 aromatic rings. The zero-order valence-corrected chi connectivity index (χ0v) is 9.24. The lowest BCUT2D eigenvalue weighted by molar-refractivity contribution is -0.383. The molecule has 0 saturated heterocycles. The van der Waals surface area contributed by atoms with Crippen molar-refractivity contribution in [1.82, 2.24) is 4.98 Å². The molecule has 0 amide bonds. The average molecular weight is 243 g/mol. The minimum atomic E-state index is -0.587. The van der Waals surface area contributed by atoms with E-state index in [-0.39, 0.29) is 17.2 Å². The number of nitrogen functional groups attached to an aromatic ring is 1. The van der Waals surface area contributed by atoms with Gasteiger partial charge in [-0.3, -0.25) is 19.9 Å². The van der Waals surface area contributed by atoms with Crippen LogP contribution in [0.5, 0.6) is 0 Å². The van der Waals surface area contributed by atoms with Crippen LogP contribution in [-0.4, -0.2) is 15.7 Å². The molecular weight excluding hydrogens is 234 g/mol. The standard InChI is InChI=1S/C12H9N3O3/c13-10-7-9(1-2-11(10)15(17)18)12(16)8-3-5-14-6-4-8/h1-7H,13H2. The largest absolute Gasteiger partial charge is 0.393 e. The van der Waals surface area contributed by atoms with E-state index in [2.05, 4.69) is 4.98 Å². The predicted molar refractivity (Wildman–Crippen MR) is 65.2 cm³/mol. The van der Waals surface area contributed by atoms with Crippen LogP contribution in [0, 0.1) is 10.1 Å². The summed E-state index contributed by atoms with van der Waals surface area (Å²) in [5, 5.41) is 10.6. The van der Waals surface area contributed by atoms with Crippen LogP contribution >= 0.6 is 0 Å². The molecule has 1 heterocycles. The number of aromatic nitrogens is 1. The van der Waals surface area contributed by atoms with E-state index in [4.69, 9.17) is 5.73 Å². The summed E-state index contributed by atoms with van der Waals surface area (Å²) in [6.07, 6.45) is 3.00. The van der Waals surface area contributed by atoms with Gasteiger partial charge in [-0.1, -0.05) is 0 Å². The zero-order chi connectivity index (χ0) is 13.1. The summed E-state index contributed by atoms with van der Waals surface area (Å²) in [7, 11) is 0. The fourth-order valence-electron chi connectivity index (χ4n) is 1.53. The average Bonchev–Trinajstić information content (AvgIpc) is 2.38. The molecule has 18 heavy (non-hydrogen) atoms. The molecule has 2 N–H and O–H groups in total. The Morgan fingerprint density at radius 3 is 2.39 bits per heavy atom. The van der Waals surface area contributed by atoms with Crippen LogP contribution in [0.3, 0.4) is 0 Å². The van der Waals surface area contributed by atoms with Crippen molar-refractivity contribution in [3.63, 3.8) is 0 Å². The molecule has 2 rings (SSSR count). The lowest BCUT2D eigenvalue weighted by Crippen LogP contribution is -2.03. The number of nitro groups is 1. The van der Waals surface area contributed by atoms with E-state index in [1.807, 2.05) is 0 Å². The number of pyridine rings is 1. The Bertz CT molecular complexity index is 611. The monoisotopic (exact) mass is 243 g/mol. The molecule has 0 aliphatic carbocycles. The highest BCUT2D eigenvalue weighted by Crippen LogP contribution is 2.23. The molecule has 0 aliphatic rings. The molecule has 0 radical (unpaired) electrons. The van der Waals surface area contributed by atoms with Crippen LogP contribution in [0.15, 0.2) is 42.7 Å². The number of hydrogen-bond donors (Lipinski definition) is 1. The fraction of sp³-hybridized carbons (Fsp3) is 0. The summed E-state index contributed by atoms with van der Waals surface area (Å²) in [6.45, 7) is 0. The van der Waals surface area contributed by atoms with Gasteiger partial charge >= 0.3 is 0 Å². The van der Waals surface area contributed by atoms with Gasteiger partial charge in [-0.2, -0.15) is 0 Å². The van der Waals surface area contributed by atoms with E-state index in [9.17, 15) is 14.9 Å². The third kappa shape index (κ3) is 2.17. The Kier molecular flexibility index (Phi) is 3.01. The summed E-state index contributed by atoms with van der Waals surface area (Å²) >= 11 is 0. The molecule has 0 atom stereocenters. The lowest BCUT2D eigenvalue weighted by Gasteiger charge is -2.02. The number of hydrogen-bond acceptors (Lipinski definition) is 5. The molecule has 6 nitrogen and oxygen atoms in total. The Hall–Kier alpha value is -2.76.